The molecular formula is C58H49BrN6O8S2. The Bertz CT molecular complexity index is 3780. The van der Waals surface area contributed by atoms with Gasteiger partial charge >= 0.3 is 0 Å². The number of sulfonamides is 2. The number of allylic oxidation sites excluding steroid dienone is 2. The second kappa shape index (κ2) is 16.8. The number of para-hydroxylation sites is 2. The van der Waals surface area contributed by atoms with Crippen LogP contribution in [0.3, 0.4) is 0 Å². The summed E-state index contributed by atoms with van der Waals surface area (Å²) in [5.74, 6) is -0.819. The second-order valence-electron chi connectivity index (χ2n) is 20.5. The van der Waals surface area contributed by atoms with Crippen LogP contribution in [0, 0.1) is 0 Å². The van der Waals surface area contributed by atoms with Crippen LogP contribution in [-0.4, -0.2) is 112 Å². The van der Waals surface area contributed by atoms with E-state index in [4.69, 9.17) is 0 Å². The van der Waals surface area contributed by atoms with Crippen molar-refractivity contribution < 1.29 is 36.0 Å². The number of rotatable bonds is 6. The first-order valence-corrected chi connectivity index (χ1v) is 28.6. The number of fused-ring (bicyclic) bond motifs is 12. The second-order valence-corrected chi connectivity index (χ2v) is 25.0. The van der Waals surface area contributed by atoms with Crippen LogP contribution in [0.5, 0.6) is 0 Å². The monoisotopic (exact) mass is 1100 g/mol. The van der Waals surface area contributed by atoms with E-state index in [2.05, 4.69) is 52.3 Å². The number of carbonyl (C=O) groups excluding carboxylic acids is 4. The average Bonchev–Trinajstić information content (AvgIpc) is 4.28. The maximum absolute atomic E-state index is 14.4. The van der Waals surface area contributed by atoms with Gasteiger partial charge in [0, 0.05) is 18.6 Å². The topological polar surface area (TPSA) is 156 Å². The Morgan fingerprint density at radius 2 is 0.907 bits per heavy atom. The van der Waals surface area contributed by atoms with Crippen molar-refractivity contribution >= 4 is 82.1 Å². The number of anilines is 2. The van der Waals surface area contributed by atoms with Crippen molar-refractivity contribution in [1.29, 1.82) is 0 Å². The van der Waals surface area contributed by atoms with Crippen molar-refractivity contribution in [3.8, 4) is 0 Å². The number of carbonyl (C=O) groups is 4. The highest BCUT2D eigenvalue weighted by molar-refractivity contribution is 9.10. The van der Waals surface area contributed by atoms with Gasteiger partial charge in [-0.1, -0.05) is 131 Å². The van der Waals surface area contributed by atoms with Gasteiger partial charge in [0.2, 0.25) is 23.6 Å². The number of amides is 4. The molecule has 2 aliphatic carbocycles. The van der Waals surface area contributed by atoms with Crippen LogP contribution < -0.4 is 8.61 Å². The fraction of sp³-hybridized carbons (Fsp3) is 0.241. The predicted molar refractivity (Wildman–Crippen MR) is 286 cm³/mol. The Morgan fingerprint density at radius 3 is 1.40 bits per heavy atom. The molecule has 6 aromatic carbocycles. The van der Waals surface area contributed by atoms with E-state index >= 15 is 0 Å². The summed E-state index contributed by atoms with van der Waals surface area (Å²) in [5.41, 5.74) is 7.28. The number of halogens is 1. The van der Waals surface area contributed by atoms with Crippen molar-refractivity contribution in [2.45, 2.75) is 70.7 Å². The fourth-order valence-corrected chi connectivity index (χ4v) is 17.5. The molecule has 4 saturated heterocycles. The lowest BCUT2D eigenvalue weighted by molar-refractivity contribution is -0.153. The van der Waals surface area contributed by atoms with Crippen LogP contribution in [0.1, 0.15) is 46.2 Å². The quantitative estimate of drug-likeness (QED) is 0.171. The van der Waals surface area contributed by atoms with E-state index in [1.165, 1.54) is 18.4 Å². The molecule has 17 heteroatoms. The lowest BCUT2D eigenvalue weighted by Crippen LogP contribution is -2.62. The first kappa shape index (κ1) is 47.4. The Morgan fingerprint density at radius 1 is 0.493 bits per heavy atom. The van der Waals surface area contributed by atoms with Crippen LogP contribution >= 0.6 is 15.9 Å². The lowest BCUT2D eigenvalue weighted by atomic mass is 9.70. The van der Waals surface area contributed by atoms with Gasteiger partial charge in [-0.25, -0.2) is 25.4 Å². The molecule has 14 rings (SSSR count). The number of benzene rings is 6. The van der Waals surface area contributed by atoms with Crippen LogP contribution in [-0.2, 0) is 62.9 Å². The van der Waals surface area contributed by atoms with Gasteiger partial charge in [-0.05, 0) is 119 Å². The summed E-state index contributed by atoms with van der Waals surface area (Å²) in [5, 5.41) is 0. The van der Waals surface area contributed by atoms with E-state index in [1.54, 1.807) is 84.6 Å². The zero-order chi connectivity index (χ0) is 51.9. The van der Waals surface area contributed by atoms with E-state index < -0.39 is 55.3 Å². The Kier molecular flexibility index (Phi) is 10.6. The zero-order valence-electron chi connectivity index (χ0n) is 40.8. The normalized spacial score (nSPS) is 25.9. The summed E-state index contributed by atoms with van der Waals surface area (Å²) in [6.45, 7) is -0.161. The van der Waals surface area contributed by atoms with Gasteiger partial charge in [0.15, 0.2) is 0 Å². The summed E-state index contributed by atoms with van der Waals surface area (Å²) in [6.07, 6.45) is 4.57. The number of likely N-dealkylation sites (N-methyl/N-ethyl adjacent to an activating group) is 2. The molecule has 6 atom stereocenters. The molecule has 75 heavy (non-hydrogen) atoms. The van der Waals surface area contributed by atoms with E-state index in [9.17, 15) is 36.0 Å². The summed E-state index contributed by atoms with van der Waals surface area (Å²) in [4.78, 5) is 60.6. The third-order valence-corrected chi connectivity index (χ3v) is 20.8. The van der Waals surface area contributed by atoms with Crippen LogP contribution in [0.25, 0.3) is 11.1 Å². The third-order valence-electron chi connectivity index (χ3n) is 16.7. The molecule has 0 N–H and O–H groups in total. The van der Waals surface area contributed by atoms with E-state index in [-0.39, 0.29) is 46.5 Å². The summed E-state index contributed by atoms with van der Waals surface area (Å²) in [6, 6.07) is 44.4. The molecule has 8 aliphatic rings. The standard InChI is InChI=1S/C29H24BrN3O4S.C29H25N3O4S/c1-31-17-26(34)32-25(27(31)35)16-29(22-14-12-18-11-13-19(30)15-21(18)22)23-9-5-6-10-24(23)33(28(29)32)38(36,37)20-7-3-2-4-8-20;1-30-18-26(33)31-25(27(30)34)17-29(22-16-15-19-9-5-6-12-21(19)22)23-13-7-8-14-24(23)32(28(29)31)37(35,36)20-10-3-2-4-11-20/h2-11,13-15,25,28H,12,16-17H2,1H3;2-14,16,25,28H,15,17-18H2,1H3/t2*25-,28-,29-/m00/s1. The van der Waals surface area contributed by atoms with Crippen LogP contribution in [0.2, 0.25) is 0 Å². The fourth-order valence-electron chi connectivity index (χ4n) is 13.7. The molecule has 14 nitrogen and oxygen atoms in total. The maximum Gasteiger partial charge on any atom is 0.266 e. The maximum atomic E-state index is 14.4. The summed E-state index contributed by atoms with van der Waals surface area (Å²) >= 11 is 3.61. The number of piperazine rings is 2. The molecule has 0 bridgehead atoms. The molecule has 6 aromatic rings. The van der Waals surface area contributed by atoms with Crippen LogP contribution in [0.4, 0.5) is 11.4 Å². The highest BCUT2D eigenvalue weighted by atomic mass is 79.9. The summed E-state index contributed by atoms with van der Waals surface area (Å²) in [7, 11) is -4.89. The Labute approximate surface area is 443 Å². The lowest BCUT2D eigenvalue weighted by Gasteiger charge is -2.41. The Hall–Kier alpha value is -7.34. The molecule has 378 valence electrons. The smallest absolute Gasteiger partial charge is 0.266 e. The van der Waals surface area contributed by atoms with Crippen molar-refractivity contribution in [1.82, 2.24) is 19.6 Å². The van der Waals surface area contributed by atoms with Gasteiger partial charge in [0.25, 0.3) is 20.0 Å². The van der Waals surface area contributed by atoms with Crippen LogP contribution in [0.15, 0.2) is 178 Å². The third kappa shape index (κ3) is 6.53. The highest BCUT2D eigenvalue weighted by Gasteiger charge is 2.70. The summed E-state index contributed by atoms with van der Waals surface area (Å²) < 4.78 is 61.2. The minimum Gasteiger partial charge on any atom is -0.335 e. The van der Waals surface area contributed by atoms with Crippen molar-refractivity contribution in [3.05, 3.63) is 202 Å². The number of hydrogen-bond acceptors (Lipinski definition) is 8. The van der Waals surface area contributed by atoms with Crippen molar-refractivity contribution in [3.63, 3.8) is 0 Å². The van der Waals surface area contributed by atoms with Gasteiger partial charge in [-0.2, -0.15) is 0 Å². The molecule has 0 aromatic heterocycles. The first-order chi connectivity index (χ1) is 36.1. The zero-order valence-corrected chi connectivity index (χ0v) is 44.0. The van der Waals surface area contributed by atoms with Crippen molar-refractivity contribution in [2.75, 3.05) is 35.8 Å². The van der Waals surface area contributed by atoms with E-state index in [0.29, 0.717) is 30.6 Å². The predicted octanol–water partition coefficient (Wildman–Crippen LogP) is 7.11. The Balaban J connectivity index is 0.000000144. The molecule has 0 spiro atoms. The van der Waals surface area contributed by atoms with Gasteiger partial charge in [0.1, 0.15) is 24.4 Å². The molecule has 0 unspecified atom stereocenters. The van der Waals surface area contributed by atoms with E-state index in [1.807, 2.05) is 66.7 Å². The number of nitrogens with zero attached hydrogens (tertiary/aromatic N) is 6. The van der Waals surface area contributed by atoms with Gasteiger partial charge in [0.05, 0.1) is 45.1 Å². The molecule has 6 heterocycles. The molecule has 0 radical (unpaired) electrons. The van der Waals surface area contributed by atoms with Crippen molar-refractivity contribution in [2.24, 2.45) is 0 Å². The first-order valence-electron chi connectivity index (χ1n) is 24.9. The van der Waals surface area contributed by atoms with Gasteiger partial charge < -0.3 is 19.6 Å². The molecule has 0 saturated carbocycles. The largest absolute Gasteiger partial charge is 0.335 e. The molecule has 4 amide bonds. The SMILES string of the molecule is CN1CC(=O)N2[C@@H](C[C@]3(C4=CCc5ccc(Br)cc54)c4ccccc4N(S(=O)(=O)c4ccccc4)[C@H]23)C1=O.CN1CC(=O)N2[C@@H](C[C@]3(C4=CCc5ccccc54)c4ccccc4N(S(=O)(=O)c4ccccc4)[C@H]23)C1=O. The number of hydrogen-bond donors (Lipinski definition) is 0. The van der Waals surface area contributed by atoms with Gasteiger partial charge in [-0.15, -0.1) is 0 Å². The molecule has 4 fully saturated rings. The average molecular weight is 1100 g/mol. The minimum absolute atomic E-state index is 0.0763. The molecular weight excluding hydrogens is 1050 g/mol. The minimum atomic E-state index is -4.09. The van der Waals surface area contributed by atoms with Gasteiger partial charge in [-0.3, -0.25) is 19.2 Å². The molecule has 6 aliphatic heterocycles. The van der Waals surface area contributed by atoms with E-state index in [0.717, 1.165) is 55.4 Å². The highest BCUT2D eigenvalue weighted by Crippen LogP contribution is 2.65.